The number of carbonyl (C=O) groups is 2. The fourth-order valence-corrected chi connectivity index (χ4v) is 1.51. The monoisotopic (exact) mass is 224 g/mol. The van der Waals surface area contributed by atoms with Gasteiger partial charge in [0.2, 0.25) is 0 Å². The van der Waals surface area contributed by atoms with Gasteiger partial charge in [0.1, 0.15) is 0 Å². The SMILES string of the molecule is O=C(O)c1ccc2cc(C(=O)O)ccc2c1.[H-].[Li+]. The molecule has 0 bridgehead atoms. The molecule has 2 aromatic rings. The van der Waals surface area contributed by atoms with Gasteiger partial charge >= 0.3 is 30.8 Å². The van der Waals surface area contributed by atoms with E-state index in [4.69, 9.17) is 10.2 Å². The Balaban J connectivity index is 0.00000144. The van der Waals surface area contributed by atoms with Crippen LogP contribution in [0, 0.1) is 0 Å². The third kappa shape index (κ3) is 2.67. The molecule has 82 valence electrons. The molecule has 2 N–H and O–H groups in total. The van der Waals surface area contributed by atoms with E-state index in [0.29, 0.717) is 10.8 Å². The molecule has 0 fully saturated rings. The molecule has 0 amide bonds. The van der Waals surface area contributed by atoms with Gasteiger partial charge in [-0.25, -0.2) is 9.59 Å². The number of rotatable bonds is 2. The largest absolute Gasteiger partial charge is 1.00 e. The van der Waals surface area contributed by atoms with E-state index in [-0.39, 0.29) is 31.4 Å². The van der Waals surface area contributed by atoms with E-state index in [9.17, 15) is 9.59 Å². The standard InChI is InChI=1S/C12H8O4.Li.H/c13-11(14)9-3-1-7-5-10(12(15)16)4-2-8(7)6-9;;/h1-6H,(H,13,14)(H,15,16);;/q;+1;-1. The summed E-state index contributed by atoms with van der Waals surface area (Å²) >= 11 is 0. The van der Waals surface area contributed by atoms with Crippen LogP contribution in [0.5, 0.6) is 0 Å². The number of aromatic carboxylic acids is 2. The van der Waals surface area contributed by atoms with Crippen LogP contribution in [-0.4, -0.2) is 22.2 Å². The molecule has 2 rings (SSSR count). The van der Waals surface area contributed by atoms with Crippen molar-refractivity contribution < 1.29 is 40.1 Å². The number of hydrogen-bond acceptors (Lipinski definition) is 2. The predicted octanol–water partition coefficient (Wildman–Crippen LogP) is -0.647. The van der Waals surface area contributed by atoms with Gasteiger partial charge in [-0.2, -0.15) is 0 Å². The first-order valence-corrected chi connectivity index (χ1v) is 4.58. The molecule has 0 aromatic heterocycles. The Labute approximate surface area is 111 Å². The molecule has 0 heterocycles. The number of fused-ring (bicyclic) bond motifs is 1. The summed E-state index contributed by atoms with van der Waals surface area (Å²) in [5.74, 6) is -1.99. The second-order valence-electron chi connectivity index (χ2n) is 3.39. The summed E-state index contributed by atoms with van der Waals surface area (Å²) in [6.45, 7) is 0. The molecule has 0 aliphatic carbocycles. The zero-order valence-electron chi connectivity index (χ0n) is 10.2. The number of carboxylic acid groups (broad SMARTS) is 2. The van der Waals surface area contributed by atoms with Crippen LogP contribution in [0.25, 0.3) is 10.8 Å². The van der Waals surface area contributed by atoms with Gasteiger partial charge in [-0.15, -0.1) is 0 Å². The normalized spacial score (nSPS) is 9.65. The van der Waals surface area contributed by atoms with Gasteiger partial charge in [-0.1, -0.05) is 12.1 Å². The van der Waals surface area contributed by atoms with Gasteiger partial charge in [0.25, 0.3) is 0 Å². The minimum absolute atomic E-state index is 0. The van der Waals surface area contributed by atoms with Crippen LogP contribution < -0.4 is 18.9 Å². The minimum atomic E-state index is -0.996. The van der Waals surface area contributed by atoms with Crippen molar-refractivity contribution in [3.8, 4) is 0 Å². The van der Waals surface area contributed by atoms with E-state index < -0.39 is 11.9 Å². The molecule has 0 unspecified atom stereocenters. The summed E-state index contributed by atoms with van der Waals surface area (Å²) in [6.07, 6.45) is 0. The molecular weight excluding hydrogens is 215 g/mol. The van der Waals surface area contributed by atoms with Gasteiger partial charge in [0, 0.05) is 0 Å². The summed E-state index contributed by atoms with van der Waals surface area (Å²) in [5, 5.41) is 19.0. The molecule has 0 radical (unpaired) electrons. The fraction of sp³-hybridized carbons (Fsp3) is 0. The molecule has 0 saturated heterocycles. The third-order valence-corrected chi connectivity index (χ3v) is 2.33. The van der Waals surface area contributed by atoms with E-state index in [1.54, 1.807) is 12.1 Å². The maximum Gasteiger partial charge on any atom is 1.00 e. The average Bonchev–Trinajstić information content (AvgIpc) is 2.27. The van der Waals surface area contributed by atoms with Gasteiger partial charge < -0.3 is 11.6 Å². The van der Waals surface area contributed by atoms with Gasteiger partial charge in [0.05, 0.1) is 11.1 Å². The molecule has 17 heavy (non-hydrogen) atoms. The molecule has 0 spiro atoms. The smallest absolute Gasteiger partial charge is 1.00 e. The molecule has 0 aliphatic heterocycles. The first-order valence-electron chi connectivity index (χ1n) is 4.58. The van der Waals surface area contributed by atoms with Crippen LogP contribution in [0.15, 0.2) is 36.4 Å². The van der Waals surface area contributed by atoms with Crippen LogP contribution in [0.3, 0.4) is 0 Å². The average molecular weight is 224 g/mol. The fourth-order valence-electron chi connectivity index (χ4n) is 1.51. The maximum absolute atomic E-state index is 10.7. The van der Waals surface area contributed by atoms with Crippen LogP contribution in [0.1, 0.15) is 22.1 Å². The van der Waals surface area contributed by atoms with Crippen molar-refractivity contribution in [1.29, 1.82) is 0 Å². The summed E-state index contributed by atoms with van der Waals surface area (Å²) in [7, 11) is 0. The molecule has 4 nitrogen and oxygen atoms in total. The topological polar surface area (TPSA) is 74.6 Å². The van der Waals surface area contributed by atoms with E-state index >= 15 is 0 Å². The third-order valence-electron chi connectivity index (χ3n) is 2.33. The van der Waals surface area contributed by atoms with E-state index in [0.717, 1.165) is 0 Å². The Hall–Kier alpha value is -1.76. The molecule has 0 atom stereocenters. The Morgan fingerprint density at radius 2 is 1.18 bits per heavy atom. The Morgan fingerprint density at radius 3 is 1.47 bits per heavy atom. The van der Waals surface area contributed by atoms with E-state index in [1.165, 1.54) is 24.3 Å². The van der Waals surface area contributed by atoms with Gasteiger partial charge in [-0.05, 0) is 35.0 Å². The van der Waals surface area contributed by atoms with Gasteiger partial charge in [-0.3, -0.25) is 0 Å². The number of benzene rings is 2. The van der Waals surface area contributed by atoms with Crippen molar-refractivity contribution in [3.05, 3.63) is 47.5 Å². The quantitative estimate of drug-likeness (QED) is 0.665. The predicted molar refractivity (Wildman–Crippen MR) is 59.0 cm³/mol. The Bertz CT molecular complexity index is 544. The zero-order chi connectivity index (χ0) is 11.7. The van der Waals surface area contributed by atoms with Crippen molar-refractivity contribution in [2.24, 2.45) is 0 Å². The van der Waals surface area contributed by atoms with Crippen molar-refractivity contribution >= 4 is 22.7 Å². The number of carboxylic acids is 2. The summed E-state index contributed by atoms with van der Waals surface area (Å²) < 4.78 is 0. The summed E-state index contributed by atoms with van der Waals surface area (Å²) in [6, 6.07) is 9.15. The van der Waals surface area contributed by atoms with Crippen molar-refractivity contribution in [1.82, 2.24) is 0 Å². The summed E-state index contributed by atoms with van der Waals surface area (Å²) in [5.41, 5.74) is 0.381. The van der Waals surface area contributed by atoms with Crippen LogP contribution in [0.4, 0.5) is 0 Å². The second-order valence-corrected chi connectivity index (χ2v) is 3.39. The molecule has 2 aromatic carbocycles. The molecule has 0 aliphatic rings. The van der Waals surface area contributed by atoms with Crippen molar-refractivity contribution in [2.75, 3.05) is 0 Å². The zero-order valence-corrected chi connectivity index (χ0v) is 9.18. The molecule has 5 heteroatoms. The van der Waals surface area contributed by atoms with E-state index in [2.05, 4.69) is 0 Å². The number of hydrogen-bond donors (Lipinski definition) is 2. The van der Waals surface area contributed by atoms with Gasteiger partial charge in [0.15, 0.2) is 0 Å². The second kappa shape index (κ2) is 5.05. The minimum Gasteiger partial charge on any atom is -1.00 e. The first-order chi connectivity index (χ1) is 7.58. The first kappa shape index (κ1) is 13.3. The van der Waals surface area contributed by atoms with Crippen LogP contribution >= 0.6 is 0 Å². The van der Waals surface area contributed by atoms with E-state index in [1.807, 2.05) is 0 Å². The molecule has 0 saturated carbocycles. The van der Waals surface area contributed by atoms with Crippen molar-refractivity contribution in [2.45, 2.75) is 0 Å². The Kier molecular flexibility index (Phi) is 3.95. The van der Waals surface area contributed by atoms with Crippen LogP contribution in [-0.2, 0) is 0 Å². The van der Waals surface area contributed by atoms with Crippen LogP contribution in [0.2, 0.25) is 0 Å². The molecular formula is C12H9LiO4. The van der Waals surface area contributed by atoms with Crippen molar-refractivity contribution in [3.63, 3.8) is 0 Å². The Morgan fingerprint density at radius 1 is 0.824 bits per heavy atom. The maximum atomic E-state index is 10.7. The summed E-state index contributed by atoms with van der Waals surface area (Å²) in [4.78, 5) is 21.5.